The van der Waals surface area contributed by atoms with Crippen molar-refractivity contribution < 1.29 is 0 Å². The average molecular weight is 344 g/mol. The first-order valence-corrected chi connectivity index (χ1v) is 8.95. The van der Waals surface area contributed by atoms with E-state index >= 15 is 0 Å². The second kappa shape index (κ2) is 10.1. The van der Waals surface area contributed by atoms with E-state index in [9.17, 15) is 0 Å². The normalized spacial score (nSPS) is 11.3. The Morgan fingerprint density at radius 1 is 1.12 bits per heavy atom. The van der Waals surface area contributed by atoms with Gasteiger partial charge in [-0.05, 0) is 62.0 Å². The van der Waals surface area contributed by atoms with Crippen molar-refractivity contribution in [2.45, 2.75) is 20.3 Å². The molecule has 0 aliphatic carbocycles. The third kappa shape index (κ3) is 6.34. The van der Waals surface area contributed by atoms with Crippen LogP contribution in [0, 0.1) is 0 Å². The summed E-state index contributed by atoms with van der Waals surface area (Å²) in [5.74, 6) is 0. The summed E-state index contributed by atoms with van der Waals surface area (Å²) in [6.07, 6.45) is 7.01. The lowest BCUT2D eigenvalue weighted by Crippen LogP contribution is -2.25. The Bertz CT molecular complexity index is 651. The van der Waals surface area contributed by atoms with E-state index in [-0.39, 0.29) is 0 Å². The maximum atomic E-state index is 6.00. The van der Waals surface area contributed by atoms with Crippen LogP contribution in [0.5, 0.6) is 0 Å². The molecule has 0 aliphatic rings. The Hall–Kier alpha value is -1.84. The Morgan fingerprint density at radius 3 is 2.71 bits per heavy atom. The fraction of sp³-hybridized carbons (Fsp3) is 0.350. The van der Waals surface area contributed by atoms with Crippen molar-refractivity contribution >= 4 is 29.4 Å². The molecule has 0 bridgehead atoms. The molecule has 0 saturated carbocycles. The molecule has 4 heteroatoms. The Kier molecular flexibility index (Phi) is 7.80. The van der Waals surface area contributed by atoms with Crippen LogP contribution in [0.25, 0.3) is 12.2 Å². The molecule has 0 radical (unpaired) electrons. The number of hydrogen-bond donors (Lipinski definition) is 1. The van der Waals surface area contributed by atoms with E-state index in [0.717, 1.165) is 54.6 Å². The van der Waals surface area contributed by atoms with Gasteiger partial charge < -0.3 is 10.2 Å². The van der Waals surface area contributed by atoms with E-state index in [1.165, 1.54) is 0 Å². The number of pyridine rings is 1. The quantitative estimate of drug-likeness (QED) is 0.646. The smallest absolute Gasteiger partial charge is 0.0650 e. The van der Waals surface area contributed by atoms with Crippen molar-refractivity contribution in [2.24, 2.45) is 0 Å². The Morgan fingerprint density at radius 2 is 1.96 bits per heavy atom. The number of anilines is 1. The molecule has 0 spiro atoms. The van der Waals surface area contributed by atoms with E-state index in [0.29, 0.717) is 0 Å². The van der Waals surface area contributed by atoms with E-state index in [2.05, 4.69) is 35.1 Å². The van der Waals surface area contributed by atoms with Crippen LogP contribution in [0.2, 0.25) is 5.02 Å². The molecule has 24 heavy (non-hydrogen) atoms. The number of nitrogens with one attached hydrogen (secondary N) is 1. The monoisotopic (exact) mass is 343 g/mol. The minimum absolute atomic E-state index is 0.744. The summed E-state index contributed by atoms with van der Waals surface area (Å²) in [4.78, 5) is 6.83. The highest BCUT2D eigenvalue weighted by atomic mass is 35.5. The van der Waals surface area contributed by atoms with Crippen LogP contribution in [0.1, 0.15) is 31.5 Å². The lowest BCUT2D eigenvalue weighted by atomic mass is 10.2. The van der Waals surface area contributed by atoms with Crippen LogP contribution < -0.4 is 5.32 Å². The summed E-state index contributed by atoms with van der Waals surface area (Å²) < 4.78 is 0. The fourth-order valence-electron chi connectivity index (χ4n) is 2.52. The number of aromatic nitrogens is 1. The molecule has 1 heterocycles. The topological polar surface area (TPSA) is 28.2 Å². The van der Waals surface area contributed by atoms with Gasteiger partial charge in [0.1, 0.15) is 0 Å². The molecule has 0 aliphatic heterocycles. The van der Waals surface area contributed by atoms with Crippen molar-refractivity contribution in [2.75, 3.05) is 31.5 Å². The molecule has 3 nitrogen and oxygen atoms in total. The van der Waals surface area contributed by atoms with Crippen LogP contribution in [-0.4, -0.2) is 36.1 Å². The number of benzene rings is 1. The zero-order chi connectivity index (χ0) is 17.2. The molecule has 1 aromatic heterocycles. The highest BCUT2D eigenvalue weighted by Crippen LogP contribution is 2.14. The lowest BCUT2D eigenvalue weighted by molar-refractivity contribution is 0.303. The molecular formula is C20H26ClN3. The summed E-state index contributed by atoms with van der Waals surface area (Å²) in [7, 11) is 0. The first kappa shape index (κ1) is 18.5. The molecule has 1 N–H and O–H groups in total. The zero-order valence-corrected chi connectivity index (χ0v) is 15.3. The summed E-state index contributed by atoms with van der Waals surface area (Å²) in [5.41, 5.74) is 3.11. The summed E-state index contributed by atoms with van der Waals surface area (Å²) >= 11 is 6.00. The lowest BCUT2D eigenvalue weighted by Gasteiger charge is -2.17. The van der Waals surface area contributed by atoms with Gasteiger partial charge in [-0.25, -0.2) is 0 Å². The van der Waals surface area contributed by atoms with Crippen LogP contribution in [0.3, 0.4) is 0 Å². The predicted octanol–water partition coefficient (Wildman–Crippen LogP) is 5.05. The molecule has 0 saturated heterocycles. The minimum Gasteiger partial charge on any atom is -0.385 e. The van der Waals surface area contributed by atoms with Crippen LogP contribution in [-0.2, 0) is 0 Å². The van der Waals surface area contributed by atoms with Gasteiger partial charge in [-0.3, -0.25) is 4.98 Å². The molecule has 2 rings (SSSR count). The third-order valence-corrected chi connectivity index (χ3v) is 4.19. The fourth-order valence-corrected chi connectivity index (χ4v) is 2.72. The highest BCUT2D eigenvalue weighted by Gasteiger charge is 1.99. The third-order valence-electron chi connectivity index (χ3n) is 3.95. The molecule has 0 fully saturated rings. The Labute approximate surface area is 150 Å². The van der Waals surface area contributed by atoms with Crippen molar-refractivity contribution in [3.63, 3.8) is 0 Å². The molecule has 2 aromatic rings. The SMILES string of the molecule is CCN(CC)CCCNc1ccnc(/C=C/c2cccc(Cl)c2)c1. The maximum absolute atomic E-state index is 6.00. The maximum Gasteiger partial charge on any atom is 0.0650 e. The van der Waals surface area contributed by atoms with Crippen LogP contribution in [0.4, 0.5) is 5.69 Å². The molecule has 1 aromatic carbocycles. The minimum atomic E-state index is 0.744. The highest BCUT2D eigenvalue weighted by molar-refractivity contribution is 6.30. The van der Waals surface area contributed by atoms with E-state index in [4.69, 9.17) is 11.6 Å². The predicted molar refractivity (Wildman–Crippen MR) is 106 cm³/mol. The van der Waals surface area contributed by atoms with Gasteiger partial charge in [0.05, 0.1) is 5.69 Å². The average Bonchev–Trinajstić information content (AvgIpc) is 2.61. The largest absolute Gasteiger partial charge is 0.385 e. The van der Waals surface area contributed by atoms with Gasteiger partial charge in [0.25, 0.3) is 0 Å². The van der Waals surface area contributed by atoms with Crippen molar-refractivity contribution in [1.29, 1.82) is 0 Å². The van der Waals surface area contributed by atoms with Gasteiger partial charge >= 0.3 is 0 Å². The molecule has 0 atom stereocenters. The van der Waals surface area contributed by atoms with Crippen molar-refractivity contribution in [1.82, 2.24) is 9.88 Å². The Balaban J connectivity index is 1.87. The van der Waals surface area contributed by atoms with Crippen molar-refractivity contribution in [3.05, 3.63) is 58.9 Å². The van der Waals surface area contributed by atoms with Gasteiger partial charge in [0.2, 0.25) is 0 Å². The van der Waals surface area contributed by atoms with Crippen LogP contribution in [0.15, 0.2) is 42.6 Å². The van der Waals surface area contributed by atoms with Gasteiger partial charge in [0, 0.05) is 23.5 Å². The van der Waals surface area contributed by atoms with Gasteiger partial charge in [-0.2, -0.15) is 0 Å². The first-order valence-electron chi connectivity index (χ1n) is 8.57. The van der Waals surface area contributed by atoms with Gasteiger partial charge in [-0.1, -0.05) is 43.7 Å². The van der Waals surface area contributed by atoms with E-state index < -0.39 is 0 Å². The molecule has 0 unspecified atom stereocenters. The van der Waals surface area contributed by atoms with E-state index in [1.54, 1.807) is 0 Å². The van der Waals surface area contributed by atoms with Gasteiger partial charge in [0.15, 0.2) is 0 Å². The molecule has 128 valence electrons. The number of rotatable bonds is 9. The summed E-state index contributed by atoms with van der Waals surface area (Å²) in [6.45, 7) is 8.75. The summed E-state index contributed by atoms with van der Waals surface area (Å²) in [5, 5.41) is 4.22. The standard InChI is InChI=1S/C20H26ClN3/c1-3-24(4-2)14-6-12-22-20-11-13-23-19(16-20)10-9-17-7-5-8-18(21)15-17/h5,7-11,13,15-16H,3-4,6,12,14H2,1-2H3,(H,22,23)/b10-9+. The second-order valence-electron chi connectivity index (χ2n) is 5.66. The number of halogens is 1. The number of hydrogen-bond acceptors (Lipinski definition) is 3. The van der Waals surface area contributed by atoms with Gasteiger partial charge in [-0.15, -0.1) is 0 Å². The van der Waals surface area contributed by atoms with Crippen LogP contribution >= 0.6 is 11.6 Å². The zero-order valence-electron chi connectivity index (χ0n) is 14.5. The number of nitrogens with zero attached hydrogens (tertiary/aromatic N) is 2. The first-order chi connectivity index (χ1) is 11.7. The molecule has 0 amide bonds. The van der Waals surface area contributed by atoms with E-state index in [1.807, 2.05) is 48.7 Å². The second-order valence-corrected chi connectivity index (χ2v) is 6.10. The molecular weight excluding hydrogens is 318 g/mol. The summed E-state index contributed by atoms with van der Waals surface area (Å²) in [6, 6.07) is 11.9. The van der Waals surface area contributed by atoms with Crippen molar-refractivity contribution in [3.8, 4) is 0 Å².